The van der Waals surface area contributed by atoms with Gasteiger partial charge in [0.25, 0.3) is 0 Å². The van der Waals surface area contributed by atoms with Crippen molar-refractivity contribution in [2.75, 3.05) is 20.4 Å². The van der Waals surface area contributed by atoms with E-state index in [9.17, 15) is 18.0 Å². The summed E-state index contributed by atoms with van der Waals surface area (Å²) >= 11 is 0. The lowest BCUT2D eigenvalue weighted by Gasteiger charge is -2.17. The van der Waals surface area contributed by atoms with Gasteiger partial charge in [0, 0.05) is 19.2 Å². The fraction of sp³-hybridized carbons (Fsp3) is 0.263. The van der Waals surface area contributed by atoms with Crippen LogP contribution in [0.2, 0.25) is 0 Å². The Hall–Kier alpha value is -2.91. The first kappa shape index (κ1) is 19.8. The van der Waals surface area contributed by atoms with E-state index in [1.54, 1.807) is 18.2 Å². The van der Waals surface area contributed by atoms with Crippen LogP contribution < -0.4 is 14.8 Å². The molecular weight excluding hydrogens is 384 g/mol. The predicted octanol–water partition coefficient (Wildman–Crippen LogP) is 1.55. The molecule has 0 fully saturated rings. The quantitative estimate of drug-likeness (QED) is 0.703. The Morgan fingerprint density at radius 3 is 2.43 bits per heavy atom. The lowest BCUT2D eigenvalue weighted by atomic mass is 10.2. The second kappa shape index (κ2) is 7.99. The lowest BCUT2D eigenvalue weighted by Crippen LogP contribution is -2.38. The first-order valence-electron chi connectivity index (χ1n) is 8.50. The molecule has 0 aromatic heterocycles. The minimum atomic E-state index is -3.84. The summed E-state index contributed by atoms with van der Waals surface area (Å²) in [6, 6.07) is 10.9. The maximum atomic E-state index is 12.6. The molecule has 0 saturated heterocycles. The molecule has 0 bridgehead atoms. The molecule has 0 saturated carbocycles. The van der Waals surface area contributed by atoms with Crippen LogP contribution in [0.1, 0.15) is 22.8 Å². The molecule has 1 N–H and O–H groups in total. The van der Waals surface area contributed by atoms with Crippen molar-refractivity contribution < 1.29 is 27.5 Å². The Labute approximate surface area is 163 Å². The zero-order valence-electron chi connectivity index (χ0n) is 15.5. The van der Waals surface area contributed by atoms with Crippen molar-refractivity contribution in [2.24, 2.45) is 0 Å². The van der Waals surface area contributed by atoms with Crippen molar-refractivity contribution in [3.63, 3.8) is 0 Å². The van der Waals surface area contributed by atoms with E-state index in [1.165, 1.54) is 38.2 Å². The highest BCUT2D eigenvalue weighted by Crippen LogP contribution is 2.32. The van der Waals surface area contributed by atoms with Gasteiger partial charge in [-0.1, -0.05) is 18.2 Å². The molecule has 0 spiro atoms. The minimum Gasteiger partial charge on any atom is -0.454 e. The fourth-order valence-corrected chi connectivity index (χ4v) is 3.76. The molecule has 1 aliphatic rings. The number of ketones is 1. The van der Waals surface area contributed by atoms with Crippen LogP contribution in [0.4, 0.5) is 0 Å². The van der Waals surface area contributed by atoms with Crippen LogP contribution in [-0.2, 0) is 21.4 Å². The van der Waals surface area contributed by atoms with E-state index in [0.717, 1.165) is 9.87 Å². The van der Waals surface area contributed by atoms with Gasteiger partial charge in [-0.25, -0.2) is 8.42 Å². The van der Waals surface area contributed by atoms with Crippen LogP contribution in [0.5, 0.6) is 11.5 Å². The molecule has 3 rings (SSSR count). The van der Waals surface area contributed by atoms with Crippen molar-refractivity contribution in [1.29, 1.82) is 0 Å². The maximum absolute atomic E-state index is 12.6. The predicted molar refractivity (Wildman–Crippen MR) is 101 cm³/mol. The number of Topliss-reactive ketones (excluding diaryl/α,β-unsaturated/α-hetero) is 1. The topological polar surface area (TPSA) is 102 Å². The molecule has 148 valence electrons. The van der Waals surface area contributed by atoms with Crippen LogP contribution in [0, 0.1) is 0 Å². The number of sulfonamides is 1. The smallest absolute Gasteiger partial charge is 0.243 e. The number of rotatable bonds is 7. The second-order valence-corrected chi connectivity index (χ2v) is 8.35. The van der Waals surface area contributed by atoms with Gasteiger partial charge in [-0.15, -0.1) is 0 Å². The highest BCUT2D eigenvalue weighted by Gasteiger charge is 2.23. The number of ether oxygens (including phenoxy) is 2. The number of hydrogen-bond acceptors (Lipinski definition) is 6. The zero-order valence-corrected chi connectivity index (χ0v) is 16.3. The molecule has 0 unspecified atom stereocenters. The first-order valence-corrected chi connectivity index (χ1v) is 9.94. The number of carbonyl (C=O) groups is 2. The van der Waals surface area contributed by atoms with Crippen molar-refractivity contribution in [3.8, 4) is 11.5 Å². The van der Waals surface area contributed by atoms with Gasteiger partial charge in [0.2, 0.25) is 22.7 Å². The Morgan fingerprint density at radius 1 is 1.07 bits per heavy atom. The fourth-order valence-electron chi connectivity index (χ4n) is 2.64. The van der Waals surface area contributed by atoms with Gasteiger partial charge in [-0.2, -0.15) is 4.31 Å². The number of amides is 1. The molecule has 0 radical (unpaired) electrons. The third kappa shape index (κ3) is 4.32. The summed E-state index contributed by atoms with van der Waals surface area (Å²) in [7, 11) is -2.52. The van der Waals surface area contributed by atoms with Gasteiger partial charge in [0.05, 0.1) is 11.4 Å². The summed E-state index contributed by atoms with van der Waals surface area (Å²) in [6.07, 6.45) is 0. The number of nitrogens with one attached hydrogen (secondary N) is 1. The average molecular weight is 404 g/mol. The van der Waals surface area contributed by atoms with E-state index in [0.29, 0.717) is 17.1 Å². The van der Waals surface area contributed by atoms with E-state index in [4.69, 9.17) is 9.47 Å². The van der Waals surface area contributed by atoms with Crippen LogP contribution in [0.3, 0.4) is 0 Å². The summed E-state index contributed by atoms with van der Waals surface area (Å²) < 4.78 is 36.6. The number of carbonyl (C=O) groups excluding carboxylic acids is 2. The number of benzene rings is 2. The normalized spacial score (nSPS) is 12.8. The zero-order chi connectivity index (χ0) is 20.3. The Balaban J connectivity index is 1.59. The summed E-state index contributed by atoms with van der Waals surface area (Å²) in [5.41, 5.74) is 1.23. The monoisotopic (exact) mass is 404 g/mol. The molecule has 2 aromatic rings. The van der Waals surface area contributed by atoms with Crippen molar-refractivity contribution in [2.45, 2.75) is 18.4 Å². The summed E-state index contributed by atoms with van der Waals surface area (Å²) in [6.45, 7) is 1.47. The van der Waals surface area contributed by atoms with E-state index in [1.807, 2.05) is 0 Å². The Morgan fingerprint density at radius 2 is 1.75 bits per heavy atom. The molecule has 28 heavy (non-hydrogen) atoms. The number of nitrogens with zero attached hydrogens (tertiary/aromatic N) is 1. The largest absolute Gasteiger partial charge is 0.454 e. The molecule has 1 aliphatic heterocycles. The SMILES string of the molecule is CC(=O)c1ccc(S(=O)(=O)N(C)CC(=O)NCc2ccc3c(c2)OCO3)cc1. The number of hydrogen-bond donors (Lipinski definition) is 1. The van der Waals surface area contributed by atoms with Gasteiger partial charge in [0.1, 0.15) is 0 Å². The van der Waals surface area contributed by atoms with Gasteiger partial charge in [-0.05, 0) is 36.8 Å². The van der Waals surface area contributed by atoms with Crippen LogP contribution in [0.25, 0.3) is 0 Å². The molecule has 0 atom stereocenters. The summed E-state index contributed by atoms with van der Waals surface area (Å²) in [5.74, 6) is 0.668. The van der Waals surface area contributed by atoms with Crippen molar-refractivity contribution >= 4 is 21.7 Å². The van der Waals surface area contributed by atoms with E-state index in [-0.39, 0.29) is 30.6 Å². The Bertz CT molecular complexity index is 1000. The lowest BCUT2D eigenvalue weighted by molar-refractivity contribution is -0.121. The standard InChI is InChI=1S/C19H20N2O6S/c1-13(22)15-4-6-16(7-5-15)28(24,25)21(2)11-19(23)20-10-14-3-8-17-18(9-14)27-12-26-17/h3-9H,10-12H2,1-2H3,(H,20,23). The summed E-state index contributed by atoms with van der Waals surface area (Å²) in [4.78, 5) is 23.5. The maximum Gasteiger partial charge on any atom is 0.243 e. The van der Waals surface area contributed by atoms with Crippen LogP contribution in [-0.4, -0.2) is 44.8 Å². The molecular formula is C19H20N2O6S. The molecule has 1 heterocycles. The molecule has 0 aliphatic carbocycles. The molecule has 2 aromatic carbocycles. The number of likely N-dealkylation sites (N-methyl/N-ethyl adjacent to an activating group) is 1. The third-order valence-electron chi connectivity index (χ3n) is 4.26. The van der Waals surface area contributed by atoms with E-state index < -0.39 is 15.9 Å². The van der Waals surface area contributed by atoms with Gasteiger partial charge in [0.15, 0.2) is 17.3 Å². The summed E-state index contributed by atoms with van der Waals surface area (Å²) in [5, 5.41) is 2.68. The van der Waals surface area contributed by atoms with Crippen molar-refractivity contribution in [3.05, 3.63) is 53.6 Å². The first-order chi connectivity index (χ1) is 13.3. The molecule has 1 amide bonds. The second-order valence-electron chi connectivity index (χ2n) is 6.31. The van der Waals surface area contributed by atoms with Crippen molar-refractivity contribution in [1.82, 2.24) is 9.62 Å². The van der Waals surface area contributed by atoms with Gasteiger partial charge >= 0.3 is 0 Å². The molecule has 8 nitrogen and oxygen atoms in total. The minimum absolute atomic E-state index is 0.0172. The van der Waals surface area contributed by atoms with Crippen LogP contribution >= 0.6 is 0 Å². The highest BCUT2D eigenvalue weighted by molar-refractivity contribution is 7.89. The van der Waals surface area contributed by atoms with Gasteiger partial charge in [-0.3, -0.25) is 9.59 Å². The highest BCUT2D eigenvalue weighted by atomic mass is 32.2. The van der Waals surface area contributed by atoms with Gasteiger partial charge < -0.3 is 14.8 Å². The third-order valence-corrected chi connectivity index (χ3v) is 6.08. The molecule has 9 heteroatoms. The number of fused-ring (bicyclic) bond motifs is 1. The van der Waals surface area contributed by atoms with E-state index in [2.05, 4.69) is 5.32 Å². The average Bonchev–Trinajstić information content (AvgIpc) is 3.14. The van der Waals surface area contributed by atoms with E-state index >= 15 is 0 Å². The van der Waals surface area contributed by atoms with Crippen LogP contribution in [0.15, 0.2) is 47.4 Å². The Kier molecular flexibility index (Phi) is 5.66.